The van der Waals surface area contributed by atoms with Gasteiger partial charge in [0.2, 0.25) is 0 Å². The van der Waals surface area contributed by atoms with E-state index < -0.39 is 43.3 Å². The standard InChI is InChI=1S/C14H15F3O5S/c1-13(5-6-22-11(8-13)12(18)19)23(20,21)10-4-2-3-9(7-10)14(15,16)17/h2-4,7,11H,5-6,8H2,1H3,(H,18,19). The van der Waals surface area contributed by atoms with E-state index in [1.165, 1.54) is 6.92 Å². The van der Waals surface area contributed by atoms with Crippen LogP contribution in [0, 0.1) is 0 Å². The highest BCUT2D eigenvalue weighted by atomic mass is 32.2. The fourth-order valence-electron chi connectivity index (χ4n) is 2.50. The van der Waals surface area contributed by atoms with Gasteiger partial charge in [-0.1, -0.05) is 6.07 Å². The van der Waals surface area contributed by atoms with Gasteiger partial charge >= 0.3 is 12.1 Å². The van der Waals surface area contributed by atoms with Gasteiger partial charge in [-0.3, -0.25) is 0 Å². The lowest BCUT2D eigenvalue weighted by Gasteiger charge is -2.36. The molecule has 2 unspecified atom stereocenters. The van der Waals surface area contributed by atoms with Crippen LogP contribution in [0.2, 0.25) is 0 Å². The molecule has 1 aliphatic rings. The molecule has 1 saturated heterocycles. The predicted octanol–water partition coefficient (Wildman–Crippen LogP) is 2.50. The van der Waals surface area contributed by atoms with E-state index >= 15 is 0 Å². The van der Waals surface area contributed by atoms with Crippen LogP contribution in [0.4, 0.5) is 13.2 Å². The van der Waals surface area contributed by atoms with Crippen LogP contribution in [-0.2, 0) is 25.5 Å². The molecule has 0 aliphatic carbocycles. The van der Waals surface area contributed by atoms with Crippen molar-refractivity contribution >= 4 is 15.8 Å². The molecule has 0 spiro atoms. The summed E-state index contributed by atoms with van der Waals surface area (Å²) in [6.45, 7) is 1.24. The zero-order valence-corrected chi connectivity index (χ0v) is 12.9. The Kier molecular flexibility index (Phi) is 4.46. The van der Waals surface area contributed by atoms with Gasteiger partial charge in [0.05, 0.1) is 15.2 Å². The molecular formula is C14H15F3O5S. The van der Waals surface area contributed by atoms with Gasteiger partial charge in [0, 0.05) is 13.0 Å². The molecule has 1 aromatic carbocycles. The number of hydrogen-bond acceptors (Lipinski definition) is 4. The molecule has 0 radical (unpaired) electrons. The van der Waals surface area contributed by atoms with Crippen molar-refractivity contribution in [1.29, 1.82) is 0 Å². The Balaban J connectivity index is 2.43. The summed E-state index contributed by atoms with van der Waals surface area (Å²) in [7, 11) is -4.15. The SMILES string of the molecule is CC1(S(=O)(=O)c2cccc(C(F)(F)F)c2)CCOC(C(=O)O)C1. The van der Waals surface area contributed by atoms with Crippen LogP contribution in [0.1, 0.15) is 25.3 Å². The van der Waals surface area contributed by atoms with Gasteiger partial charge in [0.25, 0.3) is 0 Å². The van der Waals surface area contributed by atoms with Crippen molar-refractivity contribution in [2.45, 2.75) is 41.7 Å². The fraction of sp³-hybridized carbons (Fsp3) is 0.500. The third kappa shape index (κ3) is 3.35. The number of sulfone groups is 1. The molecule has 1 aliphatic heterocycles. The van der Waals surface area contributed by atoms with Crippen molar-refractivity contribution in [3.8, 4) is 0 Å². The molecule has 2 atom stereocenters. The first-order chi connectivity index (χ1) is 10.5. The molecular weight excluding hydrogens is 337 g/mol. The molecule has 1 fully saturated rings. The first-order valence-corrected chi connectivity index (χ1v) is 8.22. The van der Waals surface area contributed by atoms with E-state index in [9.17, 15) is 26.4 Å². The maximum atomic E-state index is 12.8. The number of ether oxygens (including phenoxy) is 1. The zero-order valence-electron chi connectivity index (χ0n) is 12.1. The van der Waals surface area contributed by atoms with Crippen molar-refractivity contribution in [3.63, 3.8) is 0 Å². The first-order valence-electron chi connectivity index (χ1n) is 6.74. The third-order valence-corrected chi connectivity index (χ3v) is 6.51. The van der Waals surface area contributed by atoms with E-state index in [2.05, 4.69) is 0 Å². The summed E-state index contributed by atoms with van der Waals surface area (Å²) >= 11 is 0. The number of rotatable bonds is 3. The number of aliphatic carboxylic acids is 1. The Morgan fingerprint density at radius 3 is 2.61 bits per heavy atom. The third-order valence-electron chi connectivity index (χ3n) is 3.96. The van der Waals surface area contributed by atoms with Crippen LogP contribution >= 0.6 is 0 Å². The van der Waals surface area contributed by atoms with Crippen LogP contribution in [0.25, 0.3) is 0 Å². The van der Waals surface area contributed by atoms with Gasteiger partial charge in [0.15, 0.2) is 15.9 Å². The largest absolute Gasteiger partial charge is 0.479 e. The average molecular weight is 352 g/mol. The van der Waals surface area contributed by atoms with Crippen LogP contribution in [-0.4, -0.2) is 37.0 Å². The maximum absolute atomic E-state index is 12.8. The Labute approximate surface area is 131 Å². The first kappa shape index (κ1) is 17.7. The molecule has 1 N–H and O–H groups in total. The number of halogens is 3. The molecule has 23 heavy (non-hydrogen) atoms. The Morgan fingerprint density at radius 2 is 2.04 bits per heavy atom. The molecule has 0 saturated carbocycles. The number of benzene rings is 1. The van der Waals surface area contributed by atoms with Crippen LogP contribution in [0.5, 0.6) is 0 Å². The second-order valence-corrected chi connectivity index (χ2v) is 8.09. The molecule has 9 heteroatoms. The predicted molar refractivity (Wildman–Crippen MR) is 73.6 cm³/mol. The van der Waals surface area contributed by atoms with Gasteiger partial charge < -0.3 is 9.84 Å². The quantitative estimate of drug-likeness (QED) is 0.904. The molecule has 5 nitrogen and oxygen atoms in total. The maximum Gasteiger partial charge on any atom is 0.416 e. The van der Waals surface area contributed by atoms with Crippen molar-refractivity contribution in [2.75, 3.05) is 6.61 Å². The van der Waals surface area contributed by atoms with E-state index in [0.717, 1.165) is 18.2 Å². The van der Waals surface area contributed by atoms with Gasteiger partial charge in [-0.2, -0.15) is 13.2 Å². The van der Waals surface area contributed by atoms with Gasteiger partial charge in [-0.25, -0.2) is 13.2 Å². The molecule has 0 amide bonds. The summed E-state index contributed by atoms with van der Waals surface area (Å²) < 4.78 is 67.3. The van der Waals surface area contributed by atoms with Gasteiger partial charge in [-0.15, -0.1) is 0 Å². The van der Waals surface area contributed by atoms with Crippen LogP contribution in [0.15, 0.2) is 29.2 Å². The van der Waals surface area contributed by atoms with Crippen molar-refractivity contribution in [1.82, 2.24) is 0 Å². The summed E-state index contributed by atoms with van der Waals surface area (Å²) in [4.78, 5) is 10.6. The number of carboxylic acid groups (broad SMARTS) is 1. The zero-order chi connectivity index (χ0) is 17.5. The molecule has 1 heterocycles. The topological polar surface area (TPSA) is 80.7 Å². The Hall–Kier alpha value is -1.61. The summed E-state index contributed by atoms with van der Waals surface area (Å²) in [6.07, 6.45) is -6.27. The second-order valence-electron chi connectivity index (χ2n) is 5.63. The lowest BCUT2D eigenvalue weighted by molar-refractivity contribution is -0.154. The van der Waals surface area contributed by atoms with E-state index in [-0.39, 0.29) is 19.4 Å². The highest BCUT2D eigenvalue weighted by Gasteiger charge is 2.47. The highest BCUT2D eigenvalue weighted by molar-refractivity contribution is 7.92. The molecule has 0 aromatic heterocycles. The summed E-state index contributed by atoms with van der Waals surface area (Å²) in [5.74, 6) is -1.30. The number of alkyl halides is 3. The van der Waals surface area contributed by atoms with Crippen LogP contribution < -0.4 is 0 Å². The smallest absolute Gasteiger partial charge is 0.416 e. The van der Waals surface area contributed by atoms with Crippen LogP contribution in [0.3, 0.4) is 0 Å². The molecule has 0 bridgehead atoms. The summed E-state index contributed by atoms with van der Waals surface area (Å²) in [5.41, 5.74) is -1.07. The minimum Gasteiger partial charge on any atom is -0.479 e. The molecule has 2 rings (SSSR count). The average Bonchev–Trinajstić information content (AvgIpc) is 2.46. The second kappa shape index (κ2) is 5.79. The van der Waals surface area contributed by atoms with Gasteiger partial charge in [-0.05, 0) is 31.5 Å². The molecule has 128 valence electrons. The van der Waals surface area contributed by atoms with E-state index in [1.807, 2.05) is 0 Å². The monoisotopic (exact) mass is 352 g/mol. The van der Waals surface area contributed by atoms with Crippen molar-refractivity contribution < 1.29 is 36.2 Å². The minimum absolute atomic E-state index is 0.00928. The lowest BCUT2D eigenvalue weighted by atomic mass is 9.96. The summed E-state index contributed by atoms with van der Waals surface area (Å²) in [5, 5.41) is 8.99. The Morgan fingerprint density at radius 1 is 1.39 bits per heavy atom. The highest BCUT2D eigenvalue weighted by Crippen LogP contribution is 2.38. The lowest BCUT2D eigenvalue weighted by Crippen LogP contribution is -2.47. The van der Waals surface area contributed by atoms with Crippen molar-refractivity contribution in [2.24, 2.45) is 0 Å². The Bertz CT molecular complexity index is 713. The number of hydrogen-bond donors (Lipinski definition) is 1. The molecule has 1 aromatic rings. The fourth-order valence-corrected chi connectivity index (χ4v) is 4.33. The van der Waals surface area contributed by atoms with Crippen molar-refractivity contribution in [3.05, 3.63) is 29.8 Å². The normalized spacial score (nSPS) is 26.0. The number of carbonyl (C=O) groups is 1. The summed E-state index contributed by atoms with van der Waals surface area (Å²) in [6, 6.07) is 3.46. The number of carboxylic acids is 1. The van der Waals surface area contributed by atoms with E-state index in [1.54, 1.807) is 0 Å². The van der Waals surface area contributed by atoms with E-state index in [0.29, 0.717) is 6.07 Å². The van der Waals surface area contributed by atoms with Gasteiger partial charge in [0.1, 0.15) is 0 Å². The minimum atomic E-state index is -4.66. The van der Waals surface area contributed by atoms with E-state index in [4.69, 9.17) is 9.84 Å².